The van der Waals surface area contributed by atoms with Gasteiger partial charge in [-0.2, -0.15) is 0 Å². The highest BCUT2D eigenvalue weighted by Crippen LogP contribution is 2.26. The quantitative estimate of drug-likeness (QED) is 0.727. The molecule has 6 heteroatoms. The number of anilines is 1. The van der Waals surface area contributed by atoms with Crippen LogP contribution < -0.4 is 10.6 Å². The summed E-state index contributed by atoms with van der Waals surface area (Å²) in [5.74, 6) is -0.555. The zero-order valence-electron chi connectivity index (χ0n) is 13.3. The first-order valence-corrected chi connectivity index (χ1v) is 7.90. The van der Waals surface area contributed by atoms with E-state index in [1.165, 1.54) is 18.2 Å². The van der Waals surface area contributed by atoms with Gasteiger partial charge < -0.3 is 10.4 Å². The minimum Gasteiger partial charge on any atom is -0.465 e. The van der Waals surface area contributed by atoms with Crippen molar-refractivity contribution in [2.75, 3.05) is 5.32 Å². The Hall–Kier alpha value is -3.15. The van der Waals surface area contributed by atoms with Crippen molar-refractivity contribution in [1.29, 1.82) is 0 Å². The summed E-state index contributed by atoms with van der Waals surface area (Å²) in [6.07, 6.45) is 2.32. The molecule has 1 aliphatic rings. The van der Waals surface area contributed by atoms with E-state index >= 15 is 0 Å². The third-order valence-electron chi connectivity index (χ3n) is 3.80. The van der Waals surface area contributed by atoms with Crippen LogP contribution in [0.3, 0.4) is 0 Å². The van der Waals surface area contributed by atoms with E-state index in [9.17, 15) is 14.0 Å². The zero-order valence-corrected chi connectivity index (χ0v) is 13.3. The van der Waals surface area contributed by atoms with Crippen molar-refractivity contribution in [3.05, 3.63) is 71.6 Å². The van der Waals surface area contributed by atoms with Crippen LogP contribution in [0.4, 0.5) is 14.9 Å². The van der Waals surface area contributed by atoms with Gasteiger partial charge in [-0.1, -0.05) is 24.3 Å². The molecule has 1 saturated carbocycles. The molecule has 5 nitrogen and oxygen atoms in total. The maximum Gasteiger partial charge on any atom is 0.409 e. The normalized spacial score (nSPS) is 14.0. The standard InChI is InChI=1S/C19H17FN2O3/c20-14-5-1-12(2-6-14)17(11-18(23)21-15-9-10-15)13-3-7-16(8-4-13)22-19(24)25/h1-8,11,15,22H,9-10H2,(H,21,23)(H,24,25). The highest BCUT2D eigenvalue weighted by Gasteiger charge is 2.22. The van der Waals surface area contributed by atoms with Crippen molar-refractivity contribution in [2.24, 2.45) is 0 Å². The molecule has 0 bridgehead atoms. The number of amides is 2. The second kappa shape index (κ2) is 7.17. The Morgan fingerprint density at radius 1 is 1.00 bits per heavy atom. The Morgan fingerprint density at radius 3 is 2.08 bits per heavy atom. The second-order valence-corrected chi connectivity index (χ2v) is 5.86. The molecule has 2 aromatic rings. The van der Waals surface area contributed by atoms with Gasteiger partial charge in [0.2, 0.25) is 5.91 Å². The summed E-state index contributed by atoms with van der Waals surface area (Å²) in [5.41, 5.74) is 2.50. The highest BCUT2D eigenvalue weighted by atomic mass is 19.1. The molecule has 25 heavy (non-hydrogen) atoms. The maximum atomic E-state index is 13.2. The first-order valence-electron chi connectivity index (χ1n) is 7.90. The molecule has 1 aliphatic carbocycles. The van der Waals surface area contributed by atoms with Crippen molar-refractivity contribution in [3.63, 3.8) is 0 Å². The maximum absolute atomic E-state index is 13.2. The van der Waals surface area contributed by atoms with Crippen LogP contribution in [0.5, 0.6) is 0 Å². The van der Waals surface area contributed by atoms with E-state index in [1.807, 2.05) is 0 Å². The summed E-state index contributed by atoms with van der Waals surface area (Å²) in [5, 5.41) is 13.9. The van der Waals surface area contributed by atoms with Crippen LogP contribution >= 0.6 is 0 Å². The Bertz CT molecular complexity index is 810. The van der Waals surface area contributed by atoms with Gasteiger partial charge >= 0.3 is 6.09 Å². The third kappa shape index (κ3) is 4.67. The zero-order chi connectivity index (χ0) is 17.8. The topological polar surface area (TPSA) is 78.4 Å². The number of nitrogens with one attached hydrogen (secondary N) is 2. The minimum absolute atomic E-state index is 0.199. The molecule has 1 fully saturated rings. The minimum atomic E-state index is -1.15. The number of hydrogen-bond acceptors (Lipinski definition) is 2. The lowest BCUT2D eigenvalue weighted by molar-refractivity contribution is -0.116. The average Bonchev–Trinajstić information content (AvgIpc) is 3.38. The Balaban J connectivity index is 1.92. The molecule has 2 amide bonds. The van der Waals surface area contributed by atoms with Gasteiger partial charge in [0, 0.05) is 17.8 Å². The molecule has 3 N–H and O–H groups in total. The molecule has 0 atom stereocenters. The Morgan fingerprint density at radius 2 is 1.56 bits per heavy atom. The van der Waals surface area contributed by atoms with E-state index in [0.29, 0.717) is 16.8 Å². The average molecular weight is 340 g/mol. The smallest absolute Gasteiger partial charge is 0.409 e. The van der Waals surface area contributed by atoms with Crippen molar-refractivity contribution in [2.45, 2.75) is 18.9 Å². The lowest BCUT2D eigenvalue weighted by Crippen LogP contribution is -2.23. The van der Waals surface area contributed by atoms with Crippen LogP contribution in [0.25, 0.3) is 5.57 Å². The predicted molar refractivity (Wildman–Crippen MR) is 92.7 cm³/mol. The third-order valence-corrected chi connectivity index (χ3v) is 3.80. The van der Waals surface area contributed by atoms with E-state index in [1.54, 1.807) is 36.4 Å². The van der Waals surface area contributed by atoms with Gasteiger partial charge in [-0.05, 0) is 53.8 Å². The molecule has 0 radical (unpaired) electrons. The van der Waals surface area contributed by atoms with Gasteiger partial charge in [-0.25, -0.2) is 9.18 Å². The molecule has 128 valence electrons. The molecular weight excluding hydrogens is 323 g/mol. The molecule has 2 aromatic carbocycles. The molecule has 0 heterocycles. The van der Waals surface area contributed by atoms with Gasteiger partial charge in [-0.3, -0.25) is 10.1 Å². The molecule has 0 saturated heterocycles. The molecule has 0 aromatic heterocycles. The van der Waals surface area contributed by atoms with Crippen molar-refractivity contribution in [3.8, 4) is 0 Å². The van der Waals surface area contributed by atoms with Crippen molar-refractivity contribution < 1.29 is 19.1 Å². The van der Waals surface area contributed by atoms with Gasteiger partial charge in [0.15, 0.2) is 0 Å². The van der Waals surface area contributed by atoms with Crippen LogP contribution in [0.2, 0.25) is 0 Å². The van der Waals surface area contributed by atoms with Crippen LogP contribution in [-0.2, 0) is 4.79 Å². The summed E-state index contributed by atoms with van der Waals surface area (Å²) in [6, 6.07) is 12.8. The Kier molecular flexibility index (Phi) is 4.79. The van der Waals surface area contributed by atoms with E-state index in [-0.39, 0.29) is 17.8 Å². The number of hydrogen-bond donors (Lipinski definition) is 3. The van der Waals surface area contributed by atoms with E-state index in [4.69, 9.17) is 5.11 Å². The fraction of sp³-hybridized carbons (Fsp3) is 0.158. The van der Waals surface area contributed by atoms with Crippen molar-refractivity contribution in [1.82, 2.24) is 5.32 Å². The van der Waals surface area contributed by atoms with Gasteiger partial charge in [0.05, 0.1) is 0 Å². The fourth-order valence-corrected chi connectivity index (χ4v) is 2.42. The van der Waals surface area contributed by atoms with Crippen LogP contribution in [0.15, 0.2) is 54.6 Å². The van der Waals surface area contributed by atoms with Crippen LogP contribution in [0, 0.1) is 5.82 Å². The molecule has 0 unspecified atom stereocenters. The highest BCUT2D eigenvalue weighted by molar-refractivity contribution is 5.99. The summed E-state index contributed by atoms with van der Waals surface area (Å²) in [6.45, 7) is 0. The number of halogens is 1. The second-order valence-electron chi connectivity index (χ2n) is 5.86. The van der Waals surface area contributed by atoms with Crippen LogP contribution in [0.1, 0.15) is 24.0 Å². The summed E-state index contributed by atoms with van der Waals surface area (Å²) >= 11 is 0. The monoisotopic (exact) mass is 340 g/mol. The number of carbonyl (C=O) groups excluding carboxylic acids is 1. The van der Waals surface area contributed by atoms with E-state index in [0.717, 1.165) is 18.4 Å². The van der Waals surface area contributed by atoms with E-state index < -0.39 is 6.09 Å². The summed E-state index contributed by atoms with van der Waals surface area (Å²) in [7, 11) is 0. The number of carboxylic acid groups (broad SMARTS) is 1. The Labute approximate surface area is 144 Å². The van der Waals surface area contributed by atoms with Gasteiger partial charge in [0.1, 0.15) is 5.82 Å². The number of rotatable bonds is 5. The number of carbonyl (C=O) groups is 2. The van der Waals surface area contributed by atoms with Crippen molar-refractivity contribution >= 4 is 23.3 Å². The summed E-state index contributed by atoms with van der Waals surface area (Å²) in [4.78, 5) is 22.9. The molecular formula is C19H17FN2O3. The lowest BCUT2D eigenvalue weighted by atomic mass is 9.97. The first kappa shape index (κ1) is 16.7. The largest absolute Gasteiger partial charge is 0.465 e. The SMILES string of the molecule is O=C(O)Nc1ccc(C(=CC(=O)NC2CC2)c2ccc(F)cc2)cc1. The van der Waals surface area contributed by atoms with Gasteiger partial charge in [0.25, 0.3) is 0 Å². The first-order chi connectivity index (χ1) is 12.0. The molecule has 0 spiro atoms. The molecule has 0 aliphatic heterocycles. The predicted octanol–water partition coefficient (Wildman–Crippen LogP) is 3.63. The summed E-state index contributed by atoms with van der Waals surface area (Å²) < 4.78 is 13.2. The lowest BCUT2D eigenvalue weighted by Gasteiger charge is -2.10. The fourth-order valence-electron chi connectivity index (χ4n) is 2.42. The molecule has 3 rings (SSSR count). The number of benzene rings is 2. The van der Waals surface area contributed by atoms with E-state index in [2.05, 4.69) is 10.6 Å². The van der Waals surface area contributed by atoms with Crippen LogP contribution in [-0.4, -0.2) is 23.1 Å². The van der Waals surface area contributed by atoms with Gasteiger partial charge in [-0.15, -0.1) is 0 Å².